The number of benzene rings is 1. The van der Waals surface area contributed by atoms with Gasteiger partial charge >= 0.3 is 0 Å². The van der Waals surface area contributed by atoms with E-state index < -0.39 is 11.6 Å². The molecule has 3 heterocycles. The van der Waals surface area contributed by atoms with Gasteiger partial charge in [-0.2, -0.15) is 0 Å². The standard InChI is InChI=1S/C15H10F2N4/c16-11-5-13-14(6-12(11)17)21(9-18-13)8-10-7-20-4-2-1-3-15(20)19-10/h1-7,9H,8H2. The molecule has 0 saturated carbocycles. The molecule has 0 radical (unpaired) electrons. The number of nitrogens with zero attached hydrogens (tertiary/aromatic N) is 4. The molecule has 0 bridgehead atoms. The highest BCUT2D eigenvalue weighted by Gasteiger charge is 2.10. The summed E-state index contributed by atoms with van der Waals surface area (Å²) in [6.07, 6.45) is 5.38. The van der Waals surface area contributed by atoms with Crippen LogP contribution in [0.15, 0.2) is 49.1 Å². The Bertz CT molecular complexity index is 922. The van der Waals surface area contributed by atoms with Crippen molar-refractivity contribution in [3.63, 3.8) is 0 Å². The monoisotopic (exact) mass is 284 g/mol. The van der Waals surface area contributed by atoms with Gasteiger partial charge in [-0.3, -0.25) is 0 Å². The van der Waals surface area contributed by atoms with Crippen molar-refractivity contribution in [1.82, 2.24) is 18.9 Å². The van der Waals surface area contributed by atoms with Gasteiger partial charge in [0.15, 0.2) is 11.6 Å². The van der Waals surface area contributed by atoms with E-state index in [0.717, 1.165) is 23.5 Å². The Labute approximate surface area is 118 Å². The minimum absolute atomic E-state index is 0.428. The molecule has 0 unspecified atom stereocenters. The maximum Gasteiger partial charge on any atom is 0.161 e. The largest absolute Gasteiger partial charge is 0.324 e. The van der Waals surface area contributed by atoms with E-state index in [-0.39, 0.29) is 0 Å². The van der Waals surface area contributed by atoms with Crippen molar-refractivity contribution in [3.05, 3.63) is 66.4 Å². The number of pyridine rings is 1. The predicted octanol–water partition coefficient (Wildman–Crippen LogP) is 3.01. The molecule has 0 aliphatic heterocycles. The highest BCUT2D eigenvalue weighted by molar-refractivity contribution is 5.75. The Balaban J connectivity index is 1.78. The summed E-state index contributed by atoms with van der Waals surface area (Å²) in [5.74, 6) is -1.76. The molecule has 0 N–H and O–H groups in total. The third kappa shape index (κ3) is 1.96. The topological polar surface area (TPSA) is 35.1 Å². The molecule has 4 nitrogen and oxygen atoms in total. The number of aromatic nitrogens is 4. The minimum Gasteiger partial charge on any atom is -0.324 e. The third-order valence-electron chi connectivity index (χ3n) is 3.41. The maximum atomic E-state index is 13.4. The Hall–Kier alpha value is -2.76. The number of imidazole rings is 2. The number of rotatable bonds is 2. The van der Waals surface area contributed by atoms with Crippen LogP contribution in [0.3, 0.4) is 0 Å². The molecule has 21 heavy (non-hydrogen) atoms. The molecule has 0 aliphatic rings. The van der Waals surface area contributed by atoms with E-state index in [9.17, 15) is 8.78 Å². The maximum absolute atomic E-state index is 13.4. The number of hydrogen-bond donors (Lipinski definition) is 0. The summed E-state index contributed by atoms with van der Waals surface area (Å²) in [6.45, 7) is 0.448. The van der Waals surface area contributed by atoms with E-state index >= 15 is 0 Å². The summed E-state index contributed by atoms with van der Waals surface area (Å²) in [5, 5.41) is 0. The fraction of sp³-hybridized carbons (Fsp3) is 0.0667. The Morgan fingerprint density at radius 3 is 2.81 bits per heavy atom. The van der Waals surface area contributed by atoms with Gasteiger partial charge in [-0.25, -0.2) is 18.7 Å². The molecule has 104 valence electrons. The molecule has 4 rings (SSSR count). The lowest BCUT2D eigenvalue weighted by molar-refractivity contribution is 0.510. The second-order valence-corrected chi connectivity index (χ2v) is 4.83. The summed E-state index contributed by atoms with van der Waals surface area (Å²) in [5.41, 5.74) is 2.64. The summed E-state index contributed by atoms with van der Waals surface area (Å²) in [4.78, 5) is 8.57. The highest BCUT2D eigenvalue weighted by atomic mass is 19.2. The summed E-state index contributed by atoms with van der Waals surface area (Å²) < 4.78 is 30.2. The molecule has 3 aromatic heterocycles. The van der Waals surface area contributed by atoms with Crippen molar-refractivity contribution in [2.75, 3.05) is 0 Å². The zero-order chi connectivity index (χ0) is 14.4. The van der Waals surface area contributed by atoms with Gasteiger partial charge in [0, 0.05) is 24.5 Å². The first-order valence-electron chi connectivity index (χ1n) is 6.43. The molecule has 0 saturated heterocycles. The molecule has 4 aromatic rings. The van der Waals surface area contributed by atoms with Crippen LogP contribution in [0.5, 0.6) is 0 Å². The number of fused-ring (bicyclic) bond motifs is 2. The second-order valence-electron chi connectivity index (χ2n) is 4.83. The first-order valence-corrected chi connectivity index (χ1v) is 6.43. The molecular formula is C15H10F2N4. The molecule has 6 heteroatoms. The van der Waals surface area contributed by atoms with Crippen molar-refractivity contribution < 1.29 is 8.78 Å². The first-order chi connectivity index (χ1) is 10.2. The molecule has 0 amide bonds. The SMILES string of the molecule is Fc1cc2ncn(Cc3cn4ccccc4n3)c2cc1F. The van der Waals surface area contributed by atoms with Gasteiger partial charge in [0.2, 0.25) is 0 Å². The molecule has 0 atom stereocenters. The lowest BCUT2D eigenvalue weighted by atomic mass is 10.3. The highest BCUT2D eigenvalue weighted by Crippen LogP contribution is 2.18. The van der Waals surface area contributed by atoms with Gasteiger partial charge in [0.25, 0.3) is 0 Å². The van der Waals surface area contributed by atoms with E-state index in [1.807, 2.05) is 35.0 Å². The Kier molecular flexibility index (Phi) is 2.50. The van der Waals surface area contributed by atoms with Crippen molar-refractivity contribution in [3.8, 4) is 0 Å². The van der Waals surface area contributed by atoms with E-state index in [1.54, 1.807) is 10.9 Å². The van der Waals surface area contributed by atoms with Crippen molar-refractivity contribution >= 4 is 16.7 Å². The fourth-order valence-corrected chi connectivity index (χ4v) is 2.42. The van der Waals surface area contributed by atoms with Crippen LogP contribution in [0.25, 0.3) is 16.7 Å². The van der Waals surface area contributed by atoms with Crippen LogP contribution in [0.4, 0.5) is 8.78 Å². The van der Waals surface area contributed by atoms with Crippen LogP contribution in [-0.4, -0.2) is 18.9 Å². The predicted molar refractivity (Wildman–Crippen MR) is 73.9 cm³/mol. The summed E-state index contributed by atoms with van der Waals surface area (Å²) >= 11 is 0. The normalized spacial score (nSPS) is 11.5. The summed E-state index contributed by atoms with van der Waals surface area (Å²) in [7, 11) is 0. The molecular weight excluding hydrogens is 274 g/mol. The van der Waals surface area contributed by atoms with Crippen molar-refractivity contribution in [2.24, 2.45) is 0 Å². The van der Waals surface area contributed by atoms with Crippen molar-refractivity contribution in [1.29, 1.82) is 0 Å². The lowest BCUT2D eigenvalue weighted by Gasteiger charge is -2.01. The van der Waals surface area contributed by atoms with E-state index in [2.05, 4.69) is 9.97 Å². The van der Waals surface area contributed by atoms with Gasteiger partial charge in [0.05, 0.1) is 29.6 Å². The number of halogens is 2. The minimum atomic E-state index is -0.888. The molecule has 0 spiro atoms. The Morgan fingerprint density at radius 1 is 1.10 bits per heavy atom. The van der Waals surface area contributed by atoms with Crippen LogP contribution < -0.4 is 0 Å². The van der Waals surface area contributed by atoms with Crippen molar-refractivity contribution in [2.45, 2.75) is 6.54 Å². The van der Waals surface area contributed by atoms with E-state index in [0.29, 0.717) is 17.6 Å². The fourth-order valence-electron chi connectivity index (χ4n) is 2.42. The van der Waals surface area contributed by atoms with Crippen LogP contribution in [0.2, 0.25) is 0 Å². The smallest absolute Gasteiger partial charge is 0.161 e. The second kappa shape index (κ2) is 4.37. The van der Waals surface area contributed by atoms with Gasteiger partial charge in [-0.1, -0.05) is 6.07 Å². The van der Waals surface area contributed by atoms with Gasteiger partial charge < -0.3 is 8.97 Å². The first kappa shape index (κ1) is 12.0. The van der Waals surface area contributed by atoms with Crippen LogP contribution in [0.1, 0.15) is 5.69 Å². The van der Waals surface area contributed by atoms with Crippen LogP contribution in [-0.2, 0) is 6.54 Å². The van der Waals surface area contributed by atoms with Gasteiger partial charge in [-0.15, -0.1) is 0 Å². The number of hydrogen-bond acceptors (Lipinski definition) is 2. The molecule has 1 aromatic carbocycles. The van der Waals surface area contributed by atoms with E-state index in [4.69, 9.17) is 0 Å². The lowest BCUT2D eigenvalue weighted by Crippen LogP contribution is -1.98. The van der Waals surface area contributed by atoms with E-state index in [1.165, 1.54) is 0 Å². The zero-order valence-corrected chi connectivity index (χ0v) is 10.9. The zero-order valence-electron chi connectivity index (χ0n) is 10.9. The average Bonchev–Trinajstić information content (AvgIpc) is 3.04. The third-order valence-corrected chi connectivity index (χ3v) is 3.41. The van der Waals surface area contributed by atoms with Crippen LogP contribution >= 0.6 is 0 Å². The summed E-state index contributed by atoms with van der Waals surface area (Å²) in [6, 6.07) is 8.00. The van der Waals surface area contributed by atoms with Gasteiger partial charge in [0.1, 0.15) is 5.65 Å². The quantitative estimate of drug-likeness (QED) is 0.567. The Morgan fingerprint density at radius 2 is 1.95 bits per heavy atom. The molecule has 0 aliphatic carbocycles. The van der Waals surface area contributed by atoms with Crippen LogP contribution in [0, 0.1) is 11.6 Å². The average molecular weight is 284 g/mol. The van der Waals surface area contributed by atoms with Gasteiger partial charge in [-0.05, 0) is 12.1 Å². The molecule has 0 fully saturated rings.